The van der Waals surface area contributed by atoms with Gasteiger partial charge in [0.2, 0.25) is 5.91 Å². The van der Waals surface area contributed by atoms with E-state index in [1.54, 1.807) is 42.5 Å². The topological polar surface area (TPSA) is 74.6 Å². The molecule has 8 heteroatoms. The zero-order chi connectivity index (χ0) is 21.9. The van der Waals surface area contributed by atoms with E-state index in [9.17, 15) is 4.79 Å². The van der Waals surface area contributed by atoms with Gasteiger partial charge in [0, 0.05) is 16.8 Å². The fraction of sp³-hybridized carbons (Fsp3) is 0.167. The van der Waals surface area contributed by atoms with Gasteiger partial charge in [-0.25, -0.2) is 4.98 Å². The van der Waals surface area contributed by atoms with Gasteiger partial charge in [-0.05, 0) is 48.5 Å². The number of para-hydroxylation sites is 2. The number of anilines is 1. The first-order valence-electron chi connectivity index (χ1n) is 10.2. The molecule has 162 valence electrons. The van der Waals surface area contributed by atoms with Crippen LogP contribution in [-0.2, 0) is 17.9 Å². The van der Waals surface area contributed by atoms with Gasteiger partial charge in [0.25, 0.3) is 0 Å². The van der Waals surface area contributed by atoms with E-state index in [4.69, 9.17) is 25.8 Å². The summed E-state index contributed by atoms with van der Waals surface area (Å²) in [5.41, 5.74) is 2.30. The molecule has 1 N–H and O–H groups in total. The van der Waals surface area contributed by atoms with Crippen molar-refractivity contribution < 1.29 is 19.0 Å². The first-order valence-corrected chi connectivity index (χ1v) is 10.6. The highest BCUT2D eigenvalue weighted by Gasteiger charge is 2.16. The van der Waals surface area contributed by atoms with Crippen LogP contribution in [0, 0.1) is 0 Å². The van der Waals surface area contributed by atoms with E-state index in [0.29, 0.717) is 47.0 Å². The molecule has 4 aromatic rings. The van der Waals surface area contributed by atoms with E-state index < -0.39 is 0 Å². The highest BCUT2D eigenvalue weighted by molar-refractivity contribution is 6.30. The highest BCUT2D eigenvalue weighted by Crippen LogP contribution is 2.32. The summed E-state index contributed by atoms with van der Waals surface area (Å²) in [5.74, 6) is 2.44. The first-order chi connectivity index (χ1) is 15.7. The van der Waals surface area contributed by atoms with Gasteiger partial charge in [-0.15, -0.1) is 0 Å². The predicted octanol–water partition coefficient (Wildman–Crippen LogP) is 4.68. The van der Waals surface area contributed by atoms with Crippen molar-refractivity contribution in [3.8, 4) is 17.2 Å². The van der Waals surface area contributed by atoms with Gasteiger partial charge < -0.3 is 24.1 Å². The van der Waals surface area contributed by atoms with Crippen molar-refractivity contribution in [3.05, 3.63) is 77.6 Å². The molecule has 0 spiro atoms. The Bertz CT molecular complexity index is 1270. The Balaban J connectivity index is 1.35. The molecule has 0 saturated carbocycles. The lowest BCUT2D eigenvalue weighted by atomic mass is 10.2. The number of aromatic nitrogens is 2. The third-order valence-corrected chi connectivity index (χ3v) is 5.29. The second-order valence-electron chi connectivity index (χ2n) is 7.25. The molecule has 1 aromatic heterocycles. The maximum absolute atomic E-state index is 12.9. The minimum Gasteiger partial charge on any atom is -0.486 e. The van der Waals surface area contributed by atoms with Gasteiger partial charge in [0.05, 0.1) is 11.0 Å². The SMILES string of the molecule is O=C(Cn1c(COc2ccc(Cl)cc2)nc2ccccc21)Nc1ccc2c(c1)OCCO2. The van der Waals surface area contributed by atoms with E-state index in [2.05, 4.69) is 10.3 Å². The number of halogens is 1. The van der Waals surface area contributed by atoms with Crippen LogP contribution in [0.5, 0.6) is 17.2 Å². The Labute approximate surface area is 189 Å². The molecule has 32 heavy (non-hydrogen) atoms. The number of ether oxygens (including phenoxy) is 3. The van der Waals surface area contributed by atoms with Crippen molar-refractivity contribution in [1.29, 1.82) is 0 Å². The maximum Gasteiger partial charge on any atom is 0.244 e. The maximum atomic E-state index is 12.9. The fourth-order valence-electron chi connectivity index (χ4n) is 3.56. The minimum absolute atomic E-state index is 0.0915. The first kappa shape index (κ1) is 20.2. The molecule has 7 nitrogen and oxygen atoms in total. The average Bonchev–Trinajstić information content (AvgIpc) is 3.16. The average molecular weight is 450 g/mol. The molecule has 0 unspecified atom stereocenters. The number of hydrogen-bond acceptors (Lipinski definition) is 5. The van der Waals surface area contributed by atoms with E-state index >= 15 is 0 Å². The number of fused-ring (bicyclic) bond motifs is 2. The number of carbonyl (C=O) groups is 1. The van der Waals surface area contributed by atoms with Crippen LogP contribution < -0.4 is 19.5 Å². The highest BCUT2D eigenvalue weighted by atomic mass is 35.5. The number of amides is 1. The van der Waals surface area contributed by atoms with Crippen molar-refractivity contribution in [2.24, 2.45) is 0 Å². The number of nitrogens with zero attached hydrogens (tertiary/aromatic N) is 2. The Morgan fingerprint density at radius 2 is 1.81 bits per heavy atom. The fourth-order valence-corrected chi connectivity index (χ4v) is 3.68. The Morgan fingerprint density at radius 1 is 1.03 bits per heavy atom. The number of imidazole rings is 1. The normalized spacial score (nSPS) is 12.5. The number of benzene rings is 3. The van der Waals surface area contributed by atoms with Crippen molar-refractivity contribution in [3.63, 3.8) is 0 Å². The second-order valence-corrected chi connectivity index (χ2v) is 7.69. The van der Waals surface area contributed by atoms with Crippen LogP contribution in [0.1, 0.15) is 5.82 Å². The summed E-state index contributed by atoms with van der Waals surface area (Å²) in [7, 11) is 0. The van der Waals surface area contributed by atoms with Crippen LogP contribution in [0.4, 0.5) is 5.69 Å². The molecule has 0 atom stereocenters. The summed E-state index contributed by atoms with van der Waals surface area (Å²) in [4.78, 5) is 17.5. The molecule has 0 fully saturated rings. The van der Waals surface area contributed by atoms with Gasteiger partial charge >= 0.3 is 0 Å². The molecule has 0 aliphatic carbocycles. The summed E-state index contributed by atoms with van der Waals surface area (Å²) in [6.45, 7) is 1.32. The third-order valence-electron chi connectivity index (χ3n) is 5.04. The largest absolute Gasteiger partial charge is 0.486 e. The van der Waals surface area contributed by atoms with E-state index in [0.717, 1.165) is 11.0 Å². The Hall–Kier alpha value is -3.71. The van der Waals surface area contributed by atoms with Gasteiger partial charge in [0.1, 0.15) is 37.9 Å². The van der Waals surface area contributed by atoms with E-state index in [1.807, 2.05) is 28.8 Å². The van der Waals surface area contributed by atoms with Crippen molar-refractivity contribution >= 4 is 34.2 Å². The standard InChI is InChI=1S/C24H20ClN3O4/c25-16-5-8-18(9-6-16)32-15-23-27-19-3-1-2-4-20(19)28(23)14-24(29)26-17-7-10-21-22(13-17)31-12-11-30-21/h1-10,13H,11-12,14-15H2,(H,26,29). The number of nitrogens with one attached hydrogen (secondary N) is 1. The summed E-state index contributed by atoms with van der Waals surface area (Å²) in [6, 6.07) is 20.2. The summed E-state index contributed by atoms with van der Waals surface area (Å²) in [6.07, 6.45) is 0. The Kier molecular flexibility index (Phi) is 5.56. The van der Waals surface area contributed by atoms with Crippen LogP contribution >= 0.6 is 11.6 Å². The van der Waals surface area contributed by atoms with Crippen molar-refractivity contribution in [2.45, 2.75) is 13.2 Å². The lowest BCUT2D eigenvalue weighted by Crippen LogP contribution is -2.21. The van der Waals surface area contributed by atoms with Gasteiger partial charge in [0.15, 0.2) is 11.5 Å². The van der Waals surface area contributed by atoms with E-state index in [1.165, 1.54) is 0 Å². The zero-order valence-electron chi connectivity index (χ0n) is 17.1. The molecule has 5 rings (SSSR count). The Morgan fingerprint density at radius 3 is 2.66 bits per heavy atom. The van der Waals surface area contributed by atoms with Gasteiger partial charge in [-0.2, -0.15) is 0 Å². The molecule has 3 aromatic carbocycles. The number of hydrogen-bond donors (Lipinski definition) is 1. The molecule has 1 aliphatic rings. The van der Waals surface area contributed by atoms with Gasteiger partial charge in [-0.1, -0.05) is 23.7 Å². The molecule has 0 radical (unpaired) electrons. The second kappa shape index (κ2) is 8.80. The molecular formula is C24H20ClN3O4. The third kappa shape index (κ3) is 4.33. The van der Waals surface area contributed by atoms with Crippen LogP contribution in [0.2, 0.25) is 5.02 Å². The lowest BCUT2D eigenvalue weighted by molar-refractivity contribution is -0.116. The number of rotatable bonds is 6. The monoisotopic (exact) mass is 449 g/mol. The lowest BCUT2D eigenvalue weighted by Gasteiger charge is -2.19. The molecule has 2 heterocycles. The van der Waals surface area contributed by atoms with Crippen LogP contribution in [0.25, 0.3) is 11.0 Å². The molecule has 0 saturated heterocycles. The van der Waals surface area contributed by atoms with Crippen LogP contribution in [0.15, 0.2) is 66.7 Å². The summed E-state index contributed by atoms with van der Waals surface area (Å²) in [5, 5.41) is 3.56. The number of carbonyl (C=O) groups excluding carboxylic acids is 1. The van der Waals surface area contributed by atoms with Gasteiger partial charge in [-0.3, -0.25) is 4.79 Å². The van der Waals surface area contributed by atoms with Crippen molar-refractivity contribution in [1.82, 2.24) is 9.55 Å². The van der Waals surface area contributed by atoms with Crippen molar-refractivity contribution in [2.75, 3.05) is 18.5 Å². The predicted molar refractivity (Wildman–Crippen MR) is 122 cm³/mol. The molecule has 1 aliphatic heterocycles. The quantitative estimate of drug-likeness (QED) is 0.462. The summed E-state index contributed by atoms with van der Waals surface area (Å²) >= 11 is 5.94. The summed E-state index contributed by atoms with van der Waals surface area (Å²) < 4.78 is 18.9. The molecule has 1 amide bonds. The smallest absolute Gasteiger partial charge is 0.244 e. The zero-order valence-corrected chi connectivity index (χ0v) is 17.8. The van der Waals surface area contributed by atoms with Crippen LogP contribution in [0.3, 0.4) is 0 Å². The van der Waals surface area contributed by atoms with E-state index in [-0.39, 0.29) is 19.1 Å². The molecular weight excluding hydrogens is 430 g/mol. The molecule has 0 bridgehead atoms. The van der Waals surface area contributed by atoms with Crippen LogP contribution in [-0.4, -0.2) is 28.7 Å². The minimum atomic E-state index is -0.183.